The van der Waals surface area contributed by atoms with Gasteiger partial charge in [0.05, 0.1) is 20.7 Å². The third-order valence-corrected chi connectivity index (χ3v) is 3.67. The molecule has 0 aliphatic carbocycles. The van der Waals surface area contributed by atoms with E-state index < -0.39 is 11.7 Å². The lowest BCUT2D eigenvalue weighted by atomic mass is 10.2. The Morgan fingerprint density at radius 2 is 1.95 bits per heavy atom. The monoisotopic (exact) mass is 342 g/mol. The maximum Gasteiger partial charge on any atom is 0.257 e. The molecule has 0 aliphatic heterocycles. The highest BCUT2D eigenvalue weighted by Gasteiger charge is 2.15. The van der Waals surface area contributed by atoms with E-state index in [0.29, 0.717) is 15.7 Å². The molecule has 0 saturated heterocycles. The van der Waals surface area contributed by atoms with Gasteiger partial charge in [-0.25, -0.2) is 4.39 Å². The van der Waals surface area contributed by atoms with E-state index in [2.05, 4.69) is 21.2 Å². The Labute approximate surface area is 122 Å². The molecule has 6 heteroatoms. The first-order chi connectivity index (χ1) is 9.00. The lowest BCUT2D eigenvalue weighted by Gasteiger charge is -2.10. The summed E-state index contributed by atoms with van der Waals surface area (Å²) in [5.41, 5.74) is 6.36. The summed E-state index contributed by atoms with van der Waals surface area (Å²) >= 11 is 9.06. The fourth-order valence-electron chi connectivity index (χ4n) is 1.52. The van der Waals surface area contributed by atoms with E-state index in [-0.39, 0.29) is 10.7 Å². The van der Waals surface area contributed by atoms with Crippen LogP contribution in [0.25, 0.3) is 0 Å². The minimum absolute atomic E-state index is 0.0523. The van der Waals surface area contributed by atoms with Crippen LogP contribution in [0.3, 0.4) is 0 Å². The second-order valence-electron chi connectivity index (χ2n) is 3.76. The highest BCUT2D eigenvalue weighted by molar-refractivity contribution is 9.10. The molecule has 1 amide bonds. The van der Waals surface area contributed by atoms with E-state index >= 15 is 0 Å². The Balaban J connectivity index is 2.34. The van der Waals surface area contributed by atoms with E-state index in [1.54, 1.807) is 18.2 Å². The fraction of sp³-hybridized carbons (Fsp3) is 0. The van der Waals surface area contributed by atoms with Crippen molar-refractivity contribution in [2.24, 2.45) is 0 Å². The molecule has 0 aliphatic rings. The van der Waals surface area contributed by atoms with E-state index in [1.165, 1.54) is 18.2 Å². The van der Waals surface area contributed by atoms with Crippen molar-refractivity contribution in [3.63, 3.8) is 0 Å². The van der Waals surface area contributed by atoms with Crippen molar-refractivity contribution >= 4 is 44.8 Å². The summed E-state index contributed by atoms with van der Waals surface area (Å²) in [7, 11) is 0. The number of carbonyl (C=O) groups is 1. The molecule has 0 unspecified atom stereocenters. The standard InChI is InChI=1S/C13H9BrClFN2O/c14-11-7(3-1-6-10(11)17)13(19)18-12-8(15)4-2-5-9(12)16/h1-6H,17H2,(H,18,19). The maximum absolute atomic E-state index is 13.6. The number of hydrogen-bond acceptors (Lipinski definition) is 2. The molecule has 0 aromatic heterocycles. The van der Waals surface area contributed by atoms with Crippen LogP contribution >= 0.6 is 27.5 Å². The largest absolute Gasteiger partial charge is 0.398 e. The summed E-state index contributed by atoms with van der Waals surface area (Å²) in [6, 6.07) is 9.04. The number of nitrogens with two attached hydrogens (primary N) is 1. The van der Waals surface area contributed by atoms with E-state index in [9.17, 15) is 9.18 Å². The van der Waals surface area contributed by atoms with Gasteiger partial charge in [0.2, 0.25) is 0 Å². The Bertz CT molecular complexity index is 628. The summed E-state index contributed by atoms with van der Waals surface area (Å²) in [5, 5.41) is 2.56. The molecule has 2 rings (SSSR count). The zero-order valence-corrected chi connectivity index (χ0v) is 11.9. The van der Waals surface area contributed by atoms with Gasteiger partial charge in [0.25, 0.3) is 5.91 Å². The minimum atomic E-state index is -0.596. The van der Waals surface area contributed by atoms with E-state index in [4.69, 9.17) is 17.3 Å². The van der Waals surface area contributed by atoms with Gasteiger partial charge in [-0.1, -0.05) is 23.7 Å². The van der Waals surface area contributed by atoms with Gasteiger partial charge in [-0.3, -0.25) is 4.79 Å². The van der Waals surface area contributed by atoms with Crippen LogP contribution in [0.5, 0.6) is 0 Å². The van der Waals surface area contributed by atoms with Gasteiger partial charge in [-0.05, 0) is 40.2 Å². The minimum Gasteiger partial charge on any atom is -0.398 e. The molecule has 0 heterocycles. The number of amides is 1. The molecule has 0 bridgehead atoms. The molecule has 0 radical (unpaired) electrons. The van der Waals surface area contributed by atoms with E-state index in [1.807, 2.05) is 0 Å². The summed E-state index contributed by atoms with van der Waals surface area (Å²) in [4.78, 5) is 12.1. The Morgan fingerprint density at radius 3 is 2.63 bits per heavy atom. The number of carbonyl (C=O) groups excluding carboxylic acids is 1. The van der Waals surface area contributed by atoms with Crippen molar-refractivity contribution in [1.82, 2.24) is 0 Å². The molecule has 2 aromatic carbocycles. The second-order valence-corrected chi connectivity index (χ2v) is 4.96. The smallest absolute Gasteiger partial charge is 0.257 e. The van der Waals surface area contributed by atoms with Crippen LogP contribution in [0.4, 0.5) is 15.8 Å². The van der Waals surface area contributed by atoms with Crippen LogP contribution in [-0.2, 0) is 0 Å². The second kappa shape index (κ2) is 5.59. The molecule has 0 fully saturated rings. The van der Waals surface area contributed by atoms with Gasteiger partial charge in [0, 0.05) is 5.69 Å². The van der Waals surface area contributed by atoms with Crippen LogP contribution in [0.15, 0.2) is 40.9 Å². The molecular formula is C13H9BrClFN2O. The van der Waals surface area contributed by atoms with Crippen LogP contribution in [-0.4, -0.2) is 5.91 Å². The molecule has 0 spiro atoms. The van der Waals surface area contributed by atoms with Crippen LogP contribution in [0, 0.1) is 5.82 Å². The van der Waals surface area contributed by atoms with Crippen molar-refractivity contribution in [2.45, 2.75) is 0 Å². The van der Waals surface area contributed by atoms with Gasteiger partial charge in [0.1, 0.15) is 5.82 Å². The molecule has 98 valence electrons. The van der Waals surface area contributed by atoms with Gasteiger partial charge in [-0.2, -0.15) is 0 Å². The molecule has 19 heavy (non-hydrogen) atoms. The SMILES string of the molecule is Nc1cccc(C(=O)Nc2c(F)cccc2Cl)c1Br. The fourth-order valence-corrected chi connectivity index (χ4v) is 2.18. The Morgan fingerprint density at radius 1 is 1.26 bits per heavy atom. The number of hydrogen-bond donors (Lipinski definition) is 2. The van der Waals surface area contributed by atoms with Crippen LogP contribution in [0.2, 0.25) is 5.02 Å². The molecule has 0 saturated carbocycles. The zero-order chi connectivity index (χ0) is 14.0. The molecule has 0 atom stereocenters. The molecule has 3 nitrogen and oxygen atoms in total. The number of halogens is 3. The topological polar surface area (TPSA) is 55.1 Å². The lowest BCUT2D eigenvalue weighted by molar-refractivity contribution is 0.102. The number of nitrogen functional groups attached to an aromatic ring is 1. The molecule has 3 N–H and O–H groups in total. The number of anilines is 2. The molecular weight excluding hydrogens is 335 g/mol. The number of benzene rings is 2. The normalized spacial score (nSPS) is 10.3. The van der Waals surface area contributed by atoms with Crippen molar-refractivity contribution in [3.8, 4) is 0 Å². The van der Waals surface area contributed by atoms with Gasteiger partial charge < -0.3 is 11.1 Å². The third-order valence-electron chi connectivity index (χ3n) is 2.47. The predicted molar refractivity (Wildman–Crippen MR) is 77.9 cm³/mol. The zero-order valence-electron chi connectivity index (χ0n) is 9.58. The Hall–Kier alpha value is -1.59. The number of nitrogens with one attached hydrogen (secondary N) is 1. The average Bonchev–Trinajstić information content (AvgIpc) is 2.37. The maximum atomic E-state index is 13.6. The first kappa shape index (κ1) is 13.8. The highest BCUT2D eigenvalue weighted by Crippen LogP contribution is 2.28. The van der Waals surface area contributed by atoms with Gasteiger partial charge >= 0.3 is 0 Å². The molecule has 2 aromatic rings. The van der Waals surface area contributed by atoms with Crippen molar-refractivity contribution < 1.29 is 9.18 Å². The van der Waals surface area contributed by atoms with Crippen LogP contribution in [0.1, 0.15) is 10.4 Å². The highest BCUT2D eigenvalue weighted by atomic mass is 79.9. The third kappa shape index (κ3) is 2.88. The summed E-state index contributed by atoms with van der Waals surface area (Å²) in [6.45, 7) is 0. The average molecular weight is 344 g/mol. The summed E-state index contributed by atoms with van der Waals surface area (Å²) < 4.78 is 14.0. The van der Waals surface area contributed by atoms with Crippen molar-refractivity contribution in [3.05, 3.63) is 57.3 Å². The first-order valence-electron chi connectivity index (χ1n) is 5.30. The van der Waals surface area contributed by atoms with Crippen molar-refractivity contribution in [2.75, 3.05) is 11.1 Å². The quantitative estimate of drug-likeness (QED) is 0.807. The Kier molecular flexibility index (Phi) is 4.07. The summed E-state index contributed by atoms with van der Waals surface area (Å²) in [6.07, 6.45) is 0. The van der Waals surface area contributed by atoms with Gasteiger partial charge in [0.15, 0.2) is 0 Å². The first-order valence-corrected chi connectivity index (χ1v) is 6.47. The van der Waals surface area contributed by atoms with Gasteiger partial charge in [-0.15, -0.1) is 0 Å². The van der Waals surface area contributed by atoms with Crippen LogP contribution < -0.4 is 11.1 Å². The van der Waals surface area contributed by atoms with Crippen molar-refractivity contribution in [1.29, 1.82) is 0 Å². The number of rotatable bonds is 2. The van der Waals surface area contributed by atoms with E-state index in [0.717, 1.165) is 0 Å². The number of para-hydroxylation sites is 1. The lowest BCUT2D eigenvalue weighted by Crippen LogP contribution is -2.14. The summed E-state index contributed by atoms with van der Waals surface area (Å²) in [5.74, 6) is -1.09. The predicted octanol–water partition coefficient (Wildman–Crippen LogP) is 4.08.